The Morgan fingerprint density at radius 2 is 1.86 bits per heavy atom. The van der Waals surface area contributed by atoms with E-state index in [1.165, 1.54) is 6.08 Å². The highest BCUT2D eigenvalue weighted by Gasteiger charge is 2.16. The highest BCUT2D eigenvalue weighted by atomic mass is 127. The predicted octanol–water partition coefficient (Wildman–Crippen LogP) is 5.89. The summed E-state index contributed by atoms with van der Waals surface area (Å²) < 4.78 is 12.2. The molecule has 0 aliphatic carbocycles. The summed E-state index contributed by atoms with van der Waals surface area (Å²) in [7, 11) is 0. The van der Waals surface area contributed by atoms with Crippen LogP contribution in [0.4, 0.5) is 5.69 Å². The van der Waals surface area contributed by atoms with Crippen LogP contribution in [0.3, 0.4) is 0 Å². The van der Waals surface area contributed by atoms with Crippen LogP contribution in [0.2, 0.25) is 5.02 Å². The Morgan fingerprint density at radius 1 is 1.11 bits per heavy atom. The Hall–Kier alpha value is -3.55. The smallest absolute Gasteiger partial charge is 0.262 e. The normalized spacial score (nSPS) is 10.8. The molecule has 7 nitrogen and oxygen atoms in total. The topological polar surface area (TPSA) is 100 Å². The molecule has 0 fully saturated rings. The first-order valence-electron chi connectivity index (χ1n) is 11.4. The Morgan fingerprint density at radius 3 is 2.54 bits per heavy atom. The molecule has 0 saturated heterocycles. The number of hydrogen-bond donors (Lipinski definition) is 2. The van der Waals surface area contributed by atoms with Crippen molar-refractivity contribution in [2.45, 2.75) is 20.4 Å². The third-order valence-electron chi connectivity index (χ3n) is 5.11. The molecule has 0 saturated carbocycles. The largest absolute Gasteiger partial charge is 0.490 e. The van der Waals surface area contributed by atoms with E-state index < -0.39 is 5.91 Å². The Kier molecular flexibility index (Phi) is 10.4. The van der Waals surface area contributed by atoms with E-state index in [1.807, 2.05) is 56.3 Å². The molecule has 0 aliphatic heterocycles. The van der Waals surface area contributed by atoms with Gasteiger partial charge in [0.2, 0.25) is 0 Å². The summed E-state index contributed by atoms with van der Waals surface area (Å²) >= 11 is 8.19. The van der Waals surface area contributed by atoms with Crippen molar-refractivity contribution in [3.63, 3.8) is 0 Å². The monoisotopic (exact) mass is 629 g/mol. The van der Waals surface area contributed by atoms with Crippen LogP contribution in [0.5, 0.6) is 11.5 Å². The van der Waals surface area contributed by atoms with E-state index in [1.54, 1.807) is 24.3 Å². The van der Waals surface area contributed by atoms with Crippen LogP contribution in [0.15, 0.2) is 66.2 Å². The van der Waals surface area contributed by atoms with Crippen molar-refractivity contribution in [2.75, 3.05) is 18.5 Å². The van der Waals surface area contributed by atoms with Crippen LogP contribution in [0.1, 0.15) is 23.6 Å². The fourth-order valence-electron chi connectivity index (χ4n) is 3.27. The van der Waals surface area contributed by atoms with Crippen LogP contribution in [-0.2, 0) is 16.1 Å². The van der Waals surface area contributed by atoms with Gasteiger partial charge in [0.25, 0.3) is 11.8 Å². The van der Waals surface area contributed by atoms with Crippen molar-refractivity contribution in [3.8, 4) is 17.6 Å². The van der Waals surface area contributed by atoms with Crippen LogP contribution in [0, 0.1) is 21.8 Å². The lowest BCUT2D eigenvalue weighted by molar-refractivity contribution is -0.118. The molecule has 2 N–H and O–H groups in total. The van der Waals surface area contributed by atoms with Gasteiger partial charge in [0.1, 0.15) is 11.6 Å². The van der Waals surface area contributed by atoms with Crippen LogP contribution in [-0.4, -0.2) is 25.0 Å². The van der Waals surface area contributed by atoms with Gasteiger partial charge >= 0.3 is 0 Å². The van der Waals surface area contributed by atoms with Gasteiger partial charge in [-0.1, -0.05) is 48.0 Å². The fraction of sp³-hybridized carbons (Fsp3) is 0.179. The van der Waals surface area contributed by atoms with Crippen LogP contribution < -0.4 is 20.1 Å². The summed E-state index contributed by atoms with van der Waals surface area (Å²) in [4.78, 5) is 25.0. The average Bonchev–Trinajstić information content (AvgIpc) is 2.88. The van der Waals surface area contributed by atoms with Crippen molar-refractivity contribution >= 4 is 57.8 Å². The van der Waals surface area contributed by atoms with Gasteiger partial charge in [-0.25, -0.2) is 0 Å². The first-order chi connectivity index (χ1) is 17.8. The number of carbonyl (C=O) groups is 2. The summed E-state index contributed by atoms with van der Waals surface area (Å²) in [6, 6.07) is 20.1. The number of hydrogen-bond acceptors (Lipinski definition) is 5. The van der Waals surface area contributed by atoms with Gasteiger partial charge in [-0.3, -0.25) is 9.59 Å². The number of aryl methyl sites for hydroxylation is 1. The second kappa shape index (κ2) is 13.7. The number of nitrogens with one attached hydrogen (secondary N) is 2. The van der Waals surface area contributed by atoms with E-state index in [0.717, 1.165) is 11.1 Å². The minimum atomic E-state index is -0.479. The molecule has 190 valence electrons. The Labute approximate surface area is 234 Å². The molecule has 0 aliphatic rings. The highest BCUT2D eigenvalue weighted by Crippen LogP contribution is 2.35. The molecule has 3 aromatic rings. The molecule has 37 heavy (non-hydrogen) atoms. The number of nitrogens with zero attached hydrogens (tertiary/aromatic N) is 1. The lowest BCUT2D eigenvalue weighted by Gasteiger charge is -2.15. The van der Waals surface area contributed by atoms with Crippen molar-refractivity contribution < 1.29 is 19.1 Å². The van der Waals surface area contributed by atoms with Crippen molar-refractivity contribution in [1.29, 1.82) is 5.26 Å². The number of nitriles is 1. The molecule has 0 spiro atoms. The zero-order chi connectivity index (χ0) is 26.8. The Balaban J connectivity index is 1.72. The van der Waals surface area contributed by atoms with E-state index in [-0.39, 0.29) is 18.1 Å². The zero-order valence-corrected chi connectivity index (χ0v) is 23.2. The van der Waals surface area contributed by atoms with Gasteiger partial charge in [-0.15, -0.1) is 0 Å². The standard InChI is InChI=1S/C28H25ClIN3O4/c1-3-36-25-13-20(11-21(15-31)28(35)32-16-19-7-5-4-6-8-19)12-24(30)27(25)37-17-26(34)33-22-10-9-18(2)23(29)14-22/h4-14H,3,16-17H2,1-2H3,(H,32,35)(H,33,34)/b21-11+. The van der Waals surface area contributed by atoms with Crippen LogP contribution in [0.25, 0.3) is 6.08 Å². The molecule has 0 aromatic heterocycles. The zero-order valence-electron chi connectivity index (χ0n) is 20.3. The number of benzene rings is 3. The molecule has 0 heterocycles. The van der Waals surface area contributed by atoms with Crippen LogP contribution >= 0.6 is 34.2 Å². The number of rotatable bonds is 10. The third-order valence-corrected chi connectivity index (χ3v) is 6.32. The van der Waals surface area contributed by atoms with Crippen molar-refractivity contribution in [1.82, 2.24) is 5.32 Å². The SMILES string of the molecule is CCOc1cc(/C=C(\C#N)C(=O)NCc2ccccc2)cc(I)c1OCC(=O)Nc1ccc(C)c(Cl)c1. The maximum absolute atomic E-state index is 12.6. The molecule has 0 radical (unpaired) electrons. The molecule has 0 unspecified atom stereocenters. The van der Waals surface area contributed by atoms with Crippen molar-refractivity contribution in [3.05, 3.63) is 91.5 Å². The number of carbonyl (C=O) groups excluding carboxylic acids is 2. The first kappa shape index (κ1) is 28.0. The van der Waals surface area contributed by atoms with Gasteiger partial charge in [0.05, 0.1) is 10.2 Å². The second-order valence-corrected chi connectivity index (χ2v) is 9.47. The Bertz CT molecular complexity index is 1350. The predicted molar refractivity (Wildman–Crippen MR) is 153 cm³/mol. The quantitative estimate of drug-likeness (QED) is 0.165. The maximum Gasteiger partial charge on any atom is 0.262 e. The summed E-state index contributed by atoms with van der Waals surface area (Å²) in [6.07, 6.45) is 1.49. The summed E-state index contributed by atoms with van der Waals surface area (Å²) in [5.41, 5.74) is 2.95. The molecule has 9 heteroatoms. The van der Waals surface area contributed by atoms with Gasteiger partial charge in [0.15, 0.2) is 18.1 Å². The lowest BCUT2D eigenvalue weighted by atomic mass is 10.1. The summed E-state index contributed by atoms with van der Waals surface area (Å²) in [6.45, 7) is 4.12. The van der Waals surface area contributed by atoms with E-state index >= 15 is 0 Å². The van der Waals surface area contributed by atoms with Gasteiger partial charge in [0, 0.05) is 17.3 Å². The minimum Gasteiger partial charge on any atom is -0.490 e. The van der Waals surface area contributed by atoms with Crippen molar-refractivity contribution in [2.24, 2.45) is 0 Å². The second-order valence-electron chi connectivity index (χ2n) is 7.90. The number of ether oxygens (including phenoxy) is 2. The maximum atomic E-state index is 12.6. The minimum absolute atomic E-state index is 0.0426. The number of amides is 2. The molecule has 0 atom stereocenters. The number of halogens is 2. The lowest BCUT2D eigenvalue weighted by Crippen LogP contribution is -2.23. The number of anilines is 1. The third kappa shape index (κ3) is 8.23. The van der Waals surface area contributed by atoms with Gasteiger partial charge < -0.3 is 20.1 Å². The van der Waals surface area contributed by atoms with Gasteiger partial charge in [-0.2, -0.15) is 5.26 Å². The highest BCUT2D eigenvalue weighted by molar-refractivity contribution is 14.1. The first-order valence-corrected chi connectivity index (χ1v) is 12.9. The van der Waals surface area contributed by atoms with E-state index in [9.17, 15) is 14.9 Å². The molecular formula is C28H25ClIN3O4. The molecule has 0 bridgehead atoms. The summed E-state index contributed by atoms with van der Waals surface area (Å²) in [5.74, 6) is -0.0472. The molecule has 2 amide bonds. The fourth-order valence-corrected chi connectivity index (χ4v) is 4.23. The average molecular weight is 630 g/mol. The van der Waals surface area contributed by atoms with E-state index in [4.69, 9.17) is 21.1 Å². The van der Waals surface area contributed by atoms with Gasteiger partial charge in [-0.05, 0) is 83.5 Å². The summed E-state index contributed by atoms with van der Waals surface area (Å²) in [5, 5.41) is 15.6. The van der Waals surface area contributed by atoms with E-state index in [2.05, 4.69) is 33.2 Å². The molecule has 3 aromatic carbocycles. The molecule has 3 rings (SSSR count). The molecular weight excluding hydrogens is 605 g/mol. The van der Waals surface area contributed by atoms with E-state index in [0.29, 0.717) is 44.5 Å².